The van der Waals surface area contributed by atoms with Crippen molar-refractivity contribution in [2.75, 3.05) is 25.1 Å². The van der Waals surface area contributed by atoms with Gasteiger partial charge in [-0.15, -0.1) is 0 Å². The second kappa shape index (κ2) is 6.46. The molecule has 1 saturated heterocycles. The molecule has 1 aliphatic heterocycles. The molecule has 1 aromatic rings. The fourth-order valence-corrected chi connectivity index (χ4v) is 3.18. The van der Waals surface area contributed by atoms with E-state index in [1.54, 1.807) is 0 Å². The highest BCUT2D eigenvalue weighted by Gasteiger charge is 2.25. The zero-order chi connectivity index (χ0) is 12.1. The average molecular weight is 249 g/mol. The van der Waals surface area contributed by atoms with E-state index in [2.05, 4.69) is 42.3 Å². The van der Waals surface area contributed by atoms with Crippen LogP contribution in [0, 0.1) is 6.92 Å². The second-order valence-electron chi connectivity index (χ2n) is 4.95. The highest BCUT2D eigenvalue weighted by Crippen LogP contribution is 2.32. The lowest BCUT2D eigenvalue weighted by molar-refractivity contribution is 0.258. The van der Waals surface area contributed by atoms with Gasteiger partial charge in [0.2, 0.25) is 0 Å². The molecule has 1 unspecified atom stereocenters. The van der Waals surface area contributed by atoms with E-state index in [4.69, 9.17) is 0 Å². The van der Waals surface area contributed by atoms with Crippen LogP contribution in [0.1, 0.15) is 36.4 Å². The third-order valence-electron chi connectivity index (χ3n) is 3.58. The van der Waals surface area contributed by atoms with E-state index in [9.17, 15) is 0 Å². The second-order valence-corrected chi connectivity index (χ2v) is 5.94. The summed E-state index contributed by atoms with van der Waals surface area (Å²) in [7, 11) is 0. The van der Waals surface area contributed by atoms with Crippen molar-refractivity contribution >= 4 is 11.8 Å². The van der Waals surface area contributed by atoms with Gasteiger partial charge >= 0.3 is 0 Å². The molecule has 0 amide bonds. The molecule has 0 bridgehead atoms. The SMILES string of the molecule is CSCCCN1CCCC1c1cccc(C)c1. The summed E-state index contributed by atoms with van der Waals surface area (Å²) in [6, 6.07) is 9.72. The van der Waals surface area contributed by atoms with Crippen molar-refractivity contribution in [3.05, 3.63) is 35.4 Å². The maximum atomic E-state index is 2.67. The third-order valence-corrected chi connectivity index (χ3v) is 4.28. The first-order valence-corrected chi connectivity index (χ1v) is 8.00. The highest BCUT2D eigenvalue weighted by molar-refractivity contribution is 7.98. The van der Waals surface area contributed by atoms with Crippen LogP contribution in [0.25, 0.3) is 0 Å². The molecule has 2 rings (SSSR count). The Bertz CT molecular complexity index is 351. The van der Waals surface area contributed by atoms with Gasteiger partial charge in [0.05, 0.1) is 0 Å². The number of rotatable bonds is 5. The minimum Gasteiger partial charge on any atom is -0.296 e. The van der Waals surface area contributed by atoms with Gasteiger partial charge in [-0.3, -0.25) is 4.90 Å². The molecule has 94 valence electrons. The Morgan fingerprint density at radius 1 is 1.41 bits per heavy atom. The fourth-order valence-electron chi connectivity index (χ4n) is 2.76. The number of thioether (sulfide) groups is 1. The van der Waals surface area contributed by atoms with Crippen LogP contribution in [0.2, 0.25) is 0 Å². The zero-order valence-corrected chi connectivity index (χ0v) is 11.8. The van der Waals surface area contributed by atoms with Gasteiger partial charge in [-0.2, -0.15) is 11.8 Å². The lowest BCUT2D eigenvalue weighted by atomic mass is 10.0. The summed E-state index contributed by atoms with van der Waals surface area (Å²) in [6.45, 7) is 4.74. The lowest BCUT2D eigenvalue weighted by Crippen LogP contribution is -2.24. The van der Waals surface area contributed by atoms with Crippen molar-refractivity contribution in [1.29, 1.82) is 0 Å². The Morgan fingerprint density at radius 2 is 2.29 bits per heavy atom. The van der Waals surface area contributed by atoms with Crippen LogP contribution in [0.15, 0.2) is 24.3 Å². The van der Waals surface area contributed by atoms with Gasteiger partial charge in [0.15, 0.2) is 0 Å². The fraction of sp³-hybridized carbons (Fsp3) is 0.600. The molecule has 1 nitrogen and oxygen atoms in total. The van der Waals surface area contributed by atoms with Crippen LogP contribution in [-0.4, -0.2) is 30.0 Å². The summed E-state index contributed by atoms with van der Waals surface area (Å²) >= 11 is 1.96. The average Bonchev–Trinajstić information content (AvgIpc) is 2.78. The first-order chi connectivity index (χ1) is 8.31. The molecule has 2 heteroatoms. The number of likely N-dealkylation sites (tertiary alicyclic amines) is 1. The third kappa shape index (κ3) is 3.49. The molecule has 0 N–H and O–H groups in total. The topological polar surface area (TPSA) is 3.24 Å². The maximum Gasteiger partial charge on any atom is 0.0348 e. The molecule has 0 aromatic heterocycles. The predicted octanol–water partition coefficient (Wildman–Crippen LogP) is 3.89. The van der Waals surface area contributed by atoms with Crippen molar-refractivity contribution < 1.29 is 0 Å². The molecule has 1 fully saturated rings. The highest BCUT2D eigenvalue weighted by atomic mass is 32.2. The standard InChI is InChI=1S/C15H23NS/c1-13-6-3-7-14(12-13)15-8-4-9-16(15)10-5-11-17-2/h3,6-7,12,15H,4-5,8-11H2,1-2H3. The Morgan fingerprint density at radius 3 is 3.06 bits per heavy atom. The molecule has 1 aliphatic rings. The number of hydrogen-bond donors (Lipinski definition) is 0. The monoisotopic (exact) mass is 249 g/mol. The van der Waals surface area contributed by atoms with Crippen LogP contribution in [0.3, 0.4) is 0 Å². The van der Waals surface area contributed by atoms with E-state index >= 15 is 0 Å². The summed E-state index contributed by atoms with van der Waals surface area (Å²) in [4.78, 5) is 2.67. The first kappa shape index (κ1) is 13.0. The molecular weight excluding hydrogens is 226 g/mol. The Labute approximate surface area is 110 Å². The normalized spacial score (nSPS) is 20.9. The Kier molecular flexibility index (Phi) is 4.93. The van der Waals surface area contributed by atoms with Crippen molar-refractivity contribution in [2.45, 2.75) is 32.2 Å². The van der Waals surface area contributed by atoms with Gasteiger partial charge in [-0.1, -0.05) is 29.8 Å². The number of hydrogen-bond acceptors (Lipinski definition) is 2. The predicted molar refractivity (Wildman–Crippen MR) is 77.7 cm³/mol. The van der Waals surface area contributed by atoms with Crippen LogP contribution in [0.4, 0.5) is 0 Å². The molecule has 1 aromatic carbocycles. The zero-order valence-electron chi connectivity index (χ0n) is 11.0. The van der Waals surface area contributed by atoms with Gasteiger partial charge < -0.3 is 0 Å². The summed E-state index contributed by atoms with van der Waals surface area (Å²) in [5.74, 6) is 1.29. The van der Waals surface area contributed by atoms with Crippen LogP contribution in [-0.2, 0) is 0 Å². The van der Waals surface area contributed by atoms with E-state index in [1.165, 1.54) is 49.2 Å². The van der Waals surface area contributed by atoms with Crippen LogP contribution >= 0.6 is 11.8 Å². The first-order valence-electron chi connectivity index (χ1n) is 6.61. The Balaban J connectivity index is 1.99. The minimum atomic E-state index is 0.678. The van der Waals surface area contributed by atoms with Crippen molar-refractivity contribution in [3.63, 3.8) is 0 Å². The largest absolute Gasteiger partial charge is 0.296 e. The van der Waals surface area contributed by atoms with Gasteiger partial charge in [0, 0.05) is 6.04 Å². The summed E-state index contributed by atoms with van der Waals surface area (Å²) < 4.78 is 0. The lowest BCUT2D eigenvalue weighted by Gasteiger charge is -2.25. The molecule has 1 heterocycles. The number of nitrogens with zero attached hydrogens (tertiary/aromatic N) is 1. The van der Waals surface area contributed by atoms with E-state index < -0.39 is 0 Å². The molecule has 0 aliphatic carbocycles. The molecular formula is C15H23NS. The minimum absolute atomic E-state index is 0.678. The van der Waals surface area contributed by atoms with Crippen LogP contribution in [0.5, 0.6) is 0 Å². The molecule has 17 heavy (non-hydrogen) atoms. The molecule has 0 radical (unpaired) electrons. The number of aryl methyl sites for hydroxylation is 1. The molecule has 0 saturated carbocycles. The van der Waals surface area contributed by atoms with Gasteiger partial charge in [0.1, 0.15) is 0 Å². The van der Waals surface area contributed by atoms with Gasteiger partial charge in [0.25, 0.3) is 0 Å². The van der Waals surface area contributed by atoms with Crippen molar-refractivity contribution in [2.24, 2.45) is 0 Å². The van der Waals surface area contributed by atoms with E-state index in [0.29, 0.717) is 6.04 Å². The van der Waals surface area contributed by atoms with E-state index in [-0.39, 0.29) is 0 Å². The molecule has 1 atom stereocenters. The quantitative estimate of drug-likeness (QED) is 0.728. The molecule has 0 spiro atoms. The van der Waals surface area contributed by atoms with Crippen LogP contribution < -0.4 is 0 Å². The summed E-state index contributed by atoms with van der Waals surface area (Å²) in [5.41, 5.74) is 2.91. The van der Waals surface area contributed by atoms with E-state index in [0.717, 1.165) is 0 Å². The smallest absolute Gasteiger partial charge is 0.0348 e. The summed E-state index contributed by atoms with van der Waals surface area (Å²) in [5, 5.41) is 0. The van der Waals surface area contributed by atoms with Gasteiger partial charge in [-0.05, 0) is 56.8 Å². The maximum absolute atomic E-state index is 2.67. The Hall–Kier alpha value is -0.470. The van der Waals surface area contributed by atoms with Gasteiger partial charge in [-0.25, -0.2) is 0 Å². The van der Waals surface area contributed by atoms with Crippen molar-refractivity contribution in [1.82, 2.24) is 4.90 Å². The summed E-state index contributed by atoms with van der Waals surface area (Å²) in [6.07, 6.45) is 6.21. The number of benzene rings is 1. The van der Waals surface area contributed by atoms with Crippen molar-refractivity contribution in [3.8, 4) is 0 Å². The van der Waals surface area contributed by atoms with E-state index in [1.807, 2.05) is 11.8 Å².